The zero-order valence-corrected chi connectivity index (χ0v) is 15.3. The molecule has 1 aliphatic heterocycles. The summed E-state index contributed by atoms with van der Waals surface area (Å²) in [4.78, 5) is 0. The Bertz CT molecular complexity index is 600. The van der Waals surface area contributed by atoms with E-state index in [0.29, 0.717) is 17.8 Å². The molecule has 3 nitrogen and oxygen atoms in total. The van der Waals surface area contributed by atoms with Crippen LogP contribution in [-0.4, -0.2) is 34.1 Å². The molecule has 1 heterocycles. The van der Waals surface area contributed by atoms with Crippen LogP contribution in [0.15, 0.2) is 11.6 Å². The summed E-state index contributed by atoms with van der Waals surface area (Å²) in [7, 11) is 0. The van der Waals surface area contributed by atoms with Crippen LogP contribution in [0.1, 0.15) is 65.7 Å². The molecule has 5 aliphatic rings. The van der Waals surface area contributed by atoms with Crippen LogP contribution in [-0.2, 0) is 4.74 Å². The minimum Gasteiger partial charge on any atom is -0.393 e. The lowest BCUT2D eigenvalue weighted by Crippen LogP contribution is -2.64. The van der Waals surface area contributed by atoms with Gasteiger partial charge in [0.2, 0.25) is 0 Å². The number of hydrogen-bond acceptors (Lipinski definition) is 3. The third-order valence-electron chi connectivity index (χ3n) is 9.34. The highest BCUT2D eigenvalue weighted by Gasteiger charge is 2.73. The Morgan fingerprint density at radius 3 is 2.71 bits per heavy atom. The van der Waals surface area contributed by atoms with Gasteiger partial charge in [-0.25, -0.2) is 0 Å². The second kappa shape index (κ2) is 4.66. The average molecular weight is 332 g/mol. The van der Waals surface area contributed by atoms with Crippen LogP contribution in [0.3, 0.4) is 0 Å². The summed E-state index contributed by atoms with van der Waals surface area (Å²) in [6, 6.07) is 0. The standard InChI is InChI=1S/C21H32O3/c1-12-15-7-9-21(23)16-5-4-13-10-14(22)6-8-19(13,2)17(16)11-18(24-12)20(15,21)3/h4,12,14-18,22-23H,5-11H2,1-3H3/t12-,14+,15+,16-,17+,18-,19+,20+,21+/m1/s1. The Hall–Kier alpha value is -0.380. The van der Waals surface area contributed by atoms with E-state index in [9.17, 15) is 10.2 Å². The summed E-state index contributed by atoms with van der Waals surface area (Å²) in [6.45, 7) is 6.94. The number of fused-ring (bicyclic) bond motifs is 4. The molecule has 3 heteroatoms. The van der Waals surface area contributed by atoms with Gasteiger partial charge in [-0.3, -0.25) is 0 Å². The first-order chi connectivity index (χ1) is 11.3. The first kappa shape index (κ1) is 15.8. The lowest BCUT2D eigenvalue weighted by molar-refractivity contribution is -0.204. The van der Waals surface area contributed by atoms with Gasteiger partial charge in [-0.15, -0.1) is 0 Å². The van der Waals surface area contributed by atoms with Crippen molar-refractivity contribution in [3.05, 3.63) is 11.6 Å². The van der Waals surface area contributed by atoms with Crippen LogP contribution in [0.25, 0.3) is 0 Å². The number of aliphatic hydroxyl groups is 2. The topological polar surface area (TPSA) is 49.7 Å². The largest absolute Gasteiger partial charge is 0.393 e. The molecule has 0 bridgehead atoms. The van der Waals surface area contributed by atoms with Gasteiger partial charge >= 0.3 is 0 Å². The zero-order valence-electron chi connectivity index (χ0n) is 15.3. The second-order valence-corrected chi connectivity index (χ2v) is 9.91. The highest BCUT2D eigenvalue weighted by molar-refractivity contribution is 5.30. The molecule has 0 aromatic heterocycles. The summed E-state index contributed by atoms with van der Waals surface area (Å²) < 4.78 is 6.43. The molecule has 4 aliphatic carbocycles. The lowest BCUT2D eigenvalue weighted by Gasteiger charge is -2.61. The van der Waals surface area contributed by atoms with Gasteiger partial charge in [0, 0.05) is 5.41 Å². The van der Waals surface area contributed by atoms with E-state index in [1.54, 1.807) is 0 Å². The summed E-state index contributed by atoms with van der Waals surface area (Å²) >= 11 is 0. The van der Waals surface area contributed by atoms with Crippen LogP contribution >= 0.6 is 0 Å². The normalized spacial score (nSPS) is 61.8. The summed E-state index contributed by atoms with van der Waals surface area (Å²) in [5.41, 5.74) is 0.961. The van der Waals surface area contributed by atoms with E-state index >= 15 is 0 Å². The molecule has 134 valence electrons. The molecule has 0 aromatic carbocycles. The fourth-order valence-corrected chi connectivity index (χ4v) is 7.90. The molecule has 2 N–H and O–H groups in total. The molecular weight excluding hydrogens is 300 g/mol. The van der Waals surface area contributed by atoms with Crippen LogP contribution in [0.2, 0.25) is 0 Å². The van der Waals surface area contributed by atoms with E-state index in [2.05, 4.69) is 26.8 Å². The highest BCUT2D eigenvalue weighted by Crippen LogP contribution is 2.71. The van der Waals surface area contributed by atoms with E-state index in [1.165, 1.54) is 5.57 Å². The predicted molar refractivity (Wildman–Crippen MR) is 92.4 cm³/mol. The average Bonchev–Trinajstić information content (AvgIpc) is 2.96. The highest BCUT2D eigenvalue weighted by atomic mass is 16.5. The summed E-state index contributed by atoms with van der Waals surface area (Å²) in [6.07, 6.45) is 9.63. The number of rotatable bonds is 0. The van der Waals surface area contributed by atoms with Gasteiger partial charge in [0.25, 0.3) is 0 Å². The Kier molecular flexibility index (Phi) is 3.08. The molecule has 0 radical (unpaired) electrons. The summed E-state index contributed by atoms with van der Waals surface area (Å²) in [5.74, 6) is 1.37. The maximum atomic E-state index is 12.0. The van der Waals surface area contributed by atoms with Crippen molar-refractivity contribution in [2.45, 2.75) is 89.6 Å². The van der Waals surface area contributed by atoms with Crippen molar-refractivity contribution in [1.82, 2.24) is 0 Å². The van der Waals surface area contributed by atoms with Crippen molar-refractivity contribution in [2.75, 3.05) is 0 Å². The van der Waals surface area contributed by atoms with Gasteiger partial charge in [-0.05, 0) is 75.0 Å². The fourth-order valence-electron chi connectivity index (χ4n) is 7.90. The number of ether oxygens (including phenoxy) is 1. The smallest absolute Gasteiger partial charge is 0.0763 e. The van der Waals surface area contributed by atoms with Gasteiger partial charge in [-0.1, -0.05) is 25.5 Å². The van der Waals surface area contributed by atoms with Gasteiger partial charge in [-0.2, -0.15) is 0 Å². The Balaban J connectivity index is 1.60. The second-order valence-electron chi connectivity index (χ2n) is 9.91. The number of allylic oxidation sites excluding steroid dienone is 1. The van der Waals surface area contributed by atoms with Crippen molar-refractivity contribution < 1.29 is 14.9 Å². The Morgan fingerprint density at radius 2 is 1.92 bits per heavy atom. The quantitative estimate of drug-likeness (QED) is 0.668. The van der Waals surface area contributed by atoms with Gasteiger partial charge in [0.1, 0.15) is 0 Å². The molecule has 0 amide bonds. The molecule has 4 fully saturated rings. The van der Waals surface area contributed by atoms with Gasteiger partial charge in [0.05, 0.1) is 23.9 Å². The first-order valence-corrected chi connectivity index (χ1v) is 10.1. The minimum absolute atomic E-state index is 0.0660. The third-order valence-corrected chi connectivity index (χ3v) is 9.34. The van der Waals surface area contributed by atoms with Gasteiger partial charge in [0.15, 0.2) is 0 Å². The molecule has 5 rings (SSSR count). The van der Waals surface area contributed by atoms with E-state index in [0.717, 1.165) is 44.9 Å². The Labute approximate surface area is 145 Å². The van der Waals surface area contributed by atoms with E-state index in [4.69, 9.17) is 4.74 Å². The number of aliphatic hydroxyl groups excluding tert-OH is 1. The molecule has 0 unspecified atom stereocenters. The molecule has 3 saturated carbocycles. The molecule has 1 saturated heterocycles. The van der Waals surface area contributed by atoms with E-state index in [1.807, 2.05) is 0 Å². The molecule has 24 heavy (non-hydrogen) atoms. The van der Waals surface area contributed by atoms with Crippen LogP contribution < -0.4 is 0 Å². The minimum atomic E-state index is -0.572. The first-order valence-electron chi connectivity index (χ1n) is 10.1. The third kappa shape index (κ3) is 1.61. The van der Waals surface area contributed by atoms with Crippen molar-refractivity contribution >= 4 is 0 Å². The molecule has 0 spiro atoms. The predicted octanol–water partition coefficient (Wildman–Crippen LogP) is 3.44. The maximum Gasteiger partial charge on any atom is 0.0763 e. The summed E-state index contributed by atoms with van der Waals surface area (Å²) in [5, 5.41) is 22.1. The van der Waals surface area contributed by atoms with Gasteiger partial charge < -0.3 is 14.9 Å². The SMILES string of the molecule is C[C@H]1O[C@@H]2C[C@H]3[C@@H](CC=C4C[C@@H](O)CC[C@@]43C)[C@@]3(O)CC[C@@H]1[C@@]23C. The number of hydrogen-bond donors (Lipinski definition) is 2. The van der Waals surface area contributed by atoms with Crippen molar-refractivity contribution in [1.29, 1.82) is 0 Å². The van der Waals surface area contributed by atoms with Crippen LogP contribution in [0.5, 0.6) is 0 Å². The molecule has 9 atom stereocenters. The van der Waals surface area contributed by atoms with E-state index in [-0.39, 0.29) is 29.1 Å². The lowest BCUT2D eigenvalue weighted by atomic mass is 9.45. The zero-order chi connectivity index (χ0) is 16.9. The van der Waals surface area contributed by atoms with Crippen LogP contribution in [0, 0.1) is 28.6 Å². The molecular formula is C21H32O3. The van der Waals surface area contributed by atoms with Crippen molar-refractivity contribution in [3.63, 3.8) is 0 Å². The maximum absolute atomic E-state index is 12.0. The van der Waals surface area contributed by atoms with Crippen molar-refractivity contribution in [3.8, 4) is 0 Å². The monoisotopic (exact) mass is 332 g/mol. The van der Waals surface area contributed by atoms with Crippen molar-refractivity contribution in [2.24, 2.45) is 28.6 Å². The van der Waals surface area contributed by atoms with E-state index < -0.39 is 5.60 Å². The van der Waals surface area contributed by atoms with Crippen LogP contribution in [0.4, 0.5) is 0 Å². The molecule has 0 aromatic rings. The fraction of sp³-hybridized carbons (Fsp3) is 0.905. The Morgan fingerprint density at radius 1 is 1.12 bits per heavy atom.